The summed E-state index contributed by atoms with van der Waals surface area (Å²) in [6.45, 7) is 4.89. The quantitative estimate of drug-likeness (QED) is 0.550. The van der Waals surface area contributed by atoms with Crippen molar-refractivity contribution in [2.45, 2.75) is 19.4 Å². The van der Waals surface area contributed by atoms with Gasteiger partial charge in [0.1, 0.15) is 0 Å². The van der Waals surface area contributed by atoms with Crippen LogP contribution in [0.1, 0.15) is 13.3 Å². The van der Waals surface area contributed by atoms with Crippen molar-refractivity contribution in [3.05, 3.63) is 12.7 Å². The van der Waals surface area contributed by atoms with Gasteiger partial charge in [-0.25, -0.2) is 0 Å². The molecule has 0 bridgehead atoms. The van der Waals surface area contributed by atoms with Gasteiger partial charge in [-0.3, -0.25) is 9.35 Å². The number of carbonyl (C=O) groups excluding carboxylic acids is 1. The Balaban J connectivity index is 0. The standard InChI is InChI=1S/C7H13NO4S.Y/c1-3-7(9)8-6(2)4-5-13(10,11)12;/h3,6H,1,4-5H2,2H3,(H,8,9)(H,10,11,12);. The minimum Gasteiger partial charge on any atom is -0.350 e. The first-order valence-electron chi connectivity index (χ1n) is 3.73. The molecule has 0 aliphatic heterocycles. The Morgan fingerprint density at radius 2 is 2.14 bits per heavy atom. The van der Waals surface area contributed by atoms with Gasteiger partial charge in [-0.1, -0.05) is 6.58 Å². The molecule has 0 aliphatic rings. The molecule has 79 valence electrons. The van der Waals surface area contributed by atoms with E-state index in [0.717, 1.165) is 6.08 Å². The topological polar surface area (TPSA) is 83.5 Å². The number of rotatable bonds is 5. The van der Waals surface area contributed by atoms with Gasteiger partial charge in [-0.05, 0) is 19.4 Å². The van der Waals surface area contributed by atoms with Crippen molar-refractivity contribution < 1.29 is 50.5 Å². The molecular formula is C7H13NO4SY. The first-order valence-corrected chi connectivity index (χ1v) is 5.34. The summed E-state index contributed by atoms with van der Waals surface area (Å²) in [5.74, 6) is -0.714. The first-order chi connectivity index (χ1) is 5.85. The molecule has 0 heterocycles. The molecule has 1 unspecified atom stereocenters. The smallest absolute Gasteiger partial charge is 0.264 e. The van der Waals surface area contributed by atoms with Crippen LogP contribution in [0.5, 0.6) is 0 Å². The van der Waals surface area contributed by atoms with Crippen molar-refractivity contribution in [1.29, 1.82) is 0 Å². The van der Waals surface area contributed by atoms with Gasteiger partial charge in [0.15, 0.2) is 0 Å². The monoisotopic (exact) mass is 296 g/mol. The Morgan fingerprint density at radius 3 is 2.50 bits per heavy atom. The molecular weight excluding hydrogens is 283 g/mol. The molecule has 1 atom stereocenters. The second-order valence-corrected chi connectivity index (χ2v) is 4.26. The molecule has 1 amide bonds. The largest absolute Gasteiger partial charge is 0.350 e. The number of hydrogen-bond acceptors (Lipinski definition) is 3. The first kappa shape index (κ1) is 16.6. The Morgan fingerprint density at radius 1 is 1.64 bits per heavy atom. The van der Waals surface area contributed by atoms with E-state index in [2.05, 4.69) is 11.9 Å². The summed E-state index contributed by atoms with van der Waals surface area (Å²) >= 11 is 0. The van der Waals surface area contributed by atoms with E-state index in [0.29, 0.717) is 0 Å². The molecule has 14 heavy (non-hydrogen) atoms. The molecule has 0 saturated carbocycles. The molecule has 2 N–H and O–H groups in total. The van der Waals surface area contributed by atoms with E-state index in [9.17, 15) is 13.2 Å². The number of hydrogen-bond donors (Lipinski definition) is 2. The van der Waals surface area contributed by atoms with Crippen LogP contribution >= 0.6 is 0 Å². The minimum atomic E-state index is -3.94. The number of nitrogens with one attached hydrogen (secondary N) is 1. The van der Waals surface area contributed by atoms with Gasteiger partial charge in [-0.15, -0.1) is 0 Å². The van der Waals surface area contributed by atoms with Crippen LogP contribution in [-0.2, 0) is 47.6 Å². The maximum Gasteiger partial charge on any atom is 0.264 e. The van der Waals surface area contributed by atoms with E-state index in [-0.39, 0.29) is 56.8 Å². The van der Waals surface area contributed by atoms with E-state index in [4.69, 9.17) is 4.55 Å². The molecule has 1 radical (unpaired) electrons. The van der Waals surface area contributed by atoms with Crippen molar-refractivity contribution in [1.82, 2.24) is 5.32 Å². The zero-order valence-corrected chi connectivity index (χ0v) is 11.6. The fraction of sp³-hybridized carbons (Fsp3) is 0.571. The Bertz CT molecular complexity index is 288. The normalized spacial score (nSPS) is 12.4. The van der Waals surface area contributed by atoms with Crippen LogP contribution in [0.25, 0.3) is 0 Å². The van der Waals surface area contributed by atoms with Crippen LogP contribution in [0.4, 0.5) is 0 Å². The zero-order chi connectivity index (χ0) is 10.5. The number of amides is 1. The van der Waals surface area contributed by atoms with Gasteiger partial charge in [0, 0.05) is 38.8 Å². The van der Waals surface area contributed by atoms with Crippen LogP contribution in [0, 0.1) is 0 Å². The molecule has 0 aromatic carbocycles. The van der Waals surface area contributed by atoms with E-state index in [1.54, 1.807) is 6.92 Å². The van der Waals surface area contributed by atoms with E-state index < -0.39 is 10.1 Å². The molecule has 0 rings (SSSR count). The molecule has 7 heteroatoms. The van der Waals surface area contributed by atoms with Crippen molar-refractivity contribution in [3.8, 4) is 0 Å². The van der Waals surface area contributed by atoms with E-state index in [1.165, 1.54) is 0 Å². The van der Waals surface area contributed by atoms with Crippen LogP contribution in [0.3, 0.4) is 0 Å². The average molecular weight is 296 g/mol. The molecule has 0 aromatic rings. The van der Waals surface area contributed by atoms with Crippen molar-refractivity contribution in [3.63, 3.8) is 0 Å². The van der Waals surface area contributed by atoms with Crippen LogP contribution in [0.15, 0.2) is 12.7 Å². The van der Waals surface area contributed by atoms with Crippen molar-refractivity contribution in [2.75, 3.05) is 5.75 Å². The fourth-order valence-electron chi connectivity index (χ4n) is 0.700. The van der Waals surface area contributed by atoms with E-state index in [1.807, 2.05) is 0 Å². The second-order valence-electron chi connectivity index (χ2n) is 2.69. The van der Waals surface area contributed by atoms with Crippen LogP contribution in [0.2, 0.25) is 0 Å². The Labute approximate surface area is 109 Å². The molecule has 0 aliphatic carbocycles. The van der Waals surface area contributed by atoms with Gasteiger partial charge >= 0.3 is 0 Å². The van der Waals surface area contributed by atoms with Crippen LogP contribution in [-0.4, -0.2) is 30.7 Å². The third kappa shape index (κ3) is 10.3. The Hall–Kier alpha value is 0.224. The number of carbonyl (C=O) groups is 1. The summed E-state index contributed by atoms with van der Waals surface area (Å²) in [4.78, 5) is 10.7. The average Bonchev–Trinajstić information content (AvgIpc) is 1.99. The van der Waals surface area contributed by atoms with Gasteiger partial charge in [0.05, 0.1) is 5.75 Å². The summed E-state index contributed by atoms with van der Waals surface area (Å²) < 4.78 is 29.0. The van der Waals surface area contributed by atoms with Crippen LogP contribution < -0.4 is 5.32 Å². The third-order valence-electron chi connectivity index (χ3n) is 1.38. The van der Waals surface area contributed by atoms with Crippen molar-refractivity contribution >= 4 is 16.0 Å². The van der Waals surface area contributed by atoms with Gasteiger partial charge in [-0.2, -0.15) is 8.42 Å². The summed E-state index contributed by atoms with van der Waals surface area (Å²) in [5.41, 5.74) is 0. The summed E-state index contributed by atoms with van der Waals surface area (Å²) in [5, 5.41) is 2.47. The molecule has 0 aromatic heterocycles. The predicted molar refractivity (Wildman–Crippen MR) is 48.8 cm³/mol. The minimum absolute atomic E-state index is 0. The molecule has 0 spiro atoms. The van der Waals surface area contributed by atoms with Crippen molar-refractivity contribution in [2.24, 2.45) is 0 Å². The summed E-state index contributed by atoms with van der Waals surface area (Å²) in [7, 11) is -3.94. The van der Waals surface area contributed by atoms with E-state index >= 15 is 0 Å². The van der Waals surface area contributed by atoms with Gasteiger partial charge < -0.3 is 5.32 Å². The zero-order valence-electron chi connectivity index (χ0n) is 7.93. The van der Waals surface area contributed by atoms with Gasteiger partial charge in [0.2, 0.25) is 5.91 Å². The summed E-state index contributed by atoms with van der Waals surface area (Å²) in [6, 6.07) is -0.299. The Kier molecular flexibility index (Phi) is 8.93. The maximum atomic E-state index is 10.7. The van der Waals surface area contributed by atoms with Gasteiger partial charge in [0.25, 0.3) is 10.1 Å². The second kappa shape index (κ2) is 7.51. The fourth-order valence-corrected chi connectivity index (χ4v) is 1.35. The molecule has 0 saturated heterocycles. The third-order valence-corrected chi connectivity index (χ3v) is 2.13. The maximum absolute atomic E-state index is 10.7. The molecule has 0 fully saturated rings. The summed E-state index contributed by atoms with van der Waals surface area (Å²) in [6.07, 6.45) is 1.28. The predicted octanol–water partition coefficient (Wildman–Crippen LogP) is -0.0475. The molecule has 5 nitrogen and oxygen atoms in total. The SMILES string of the molecule is C=CC(=O)NC(C)CCS(=O)(=O)O.[Y].